The van der Waals surface area contributed by atoms with Gasteiger partial charge < -0.3 is 23.2 Å². The van der Waals surface area contributed by atoms with Crippen molar-refractivity contribution in [3.05, 3.63) is 41.9 Å². The molecule has 188 valence electrons. The Morgan fingerprint density at radius 3 is 2.77 bits per heavy atom. The van der Waals surface area contributed by atoms with Gasteiger partial charge in [-0.2, -0.15) is 4.31 Å². The van der Waals surface area contributed by atoms with Gasteiger partial charge in [0.15, 0.2) is 5.16 Å². The molecule has 0 amide bonds. The fraction of sp³-hybridized carbons (Fsp3) is 0.478. The zero-order valence-electron chi connectivity index (χ0n) is 19.3. The van der Waals surface area contributed by atoms with Crippen molar-refractivity contribution in [1.82, 2.24) is 13.9 Å². The second-order valence-electron chi connectivity index (χ2n) is 8.35. The molecule has 0 aliphatic carbocycles. The van der Waals surface area contributed by atoms with Gasteiger partial charge in [-0.3, -0.25) is 0 Å². The van der Waals surface area contributed by atoms with Gasteiger partial charge in [0.1, 0.15) is 5.76 Å². The Morgan fingerprint density at radius 1 is 1.20 bits per heavy atom. The van der Waals surface area contributed by atoms with Gasteiger partial charge in [-0.25, -0.2) is 18.2 Å². The van der Waals surface area contributed by atoms with E-state index in [-0.39, 0.29) is 16.8 Å². The van der Waals surface area contributed by atoms with Crippen LogP contribution < -0.4 is 0 Å². The number of methoxy groups -OCH3 is 1. The lowest BCUT2D eigenvalue weighted by Crippen LogP contribution is -2.40. The number of carbonyl (C=O) groups excluding carboxylic acids is 1. The Hall–Kier alpha value is -2.38. The Morgan fingerprint density at radius 2 is 2.03 bits per heavy atom. The third-order valence-electron chi connectivity index (χ3n) is 6.09. The number of benzene rings is 1. The van der Waals surface area contributed by atoms with Gasteiger partial charge in [0.25, 0.3) is 0 Å². The monoisotopic (exact) mass is 521 g/mol. The van der Waals surface area contributed by atoms with Crippen LogP contribution in [0.4, 0.5) is 0 Å². The van der Waals surface area contributed by atoms with Crippen LogP contribution in [0.1, 0.15) is 29.2 Å². The summed E-state index contributed by atoms with van der Waals surface area (Å²) in [5.74, 6) is 0.682. The van der Waals surface area contributed by atoms with E-state index in [0.717, 1.165) is 30.1 Å². The first-order valence-corrected chi connectivity index (χ1v) is 13.9. The molecule has 2 aromatic heterocycles. The van der Waals surface area contributed by atoms with Crippen molar-refractivity contribution < 1.29 is 31.8 Å². The second kappa shape index (κ2) is 10.3. The van der Waals surface area contributed by atoms with Crippen LogP contribution in [0.5, 0.6) is 0 Å². The molecule has 0 radical (unpaired) electrons. The Balaban J connectivity index is 1.44. The zero-order valence-corrected chi connectivity index (χ0v) is 21.0. The number of ether oxygens (including phenoxy) is 3. The summed E-state index contributed by atoms with van der Waals surface area (Å²) in [7, 11) is -2.32. The number of furan rings is 1. The van der Waals surface area contributed by atoms with Gasteiger partial charge in [-0.05, 0) is 43.2 Å². The first-order valence-electron chi connectivity index (χ1n) is 11.5. The number of thioether (sulfide) groups is 1. The lowest BCUT2D eigenvalue weighted by molar-refractivity contribution is 0.0563. The van der Waals surface area contributed by atoms with Gasteiger partial charge in [0.2, 0.25) is 15.8 Å². The van der Waals surface area contributed by atoms with Gasteiger partial charge in [-0.1, -0.05) is 11.8 Å². The minimum absolute atomic E-state index is 0.0815. The average molecular weight is 522 g/mol. The third kappa shape index (κ3) is 5.12. The highest BCUT2D eigenvalue weighted by molar-refractivity contribution is 7.98. The lowest BCUT2D eigenvalue weighted by Gasteiger charge is -2.26. The number of nitrogens with zero attached hydrogens (tertiary/aromatic N) is 3. The van der Waals surface area contributed by atoms with Crippen LogP contribution in [0.25, 0.3) is 11.0 Å². The van der Waals surface area contributed by atoms with Crippen molar-refractivity contribution in [3.63, 3.8) is 0 Å². The molecule has 0 saturated carbocycles. The number of rotatable bonds is 8. The predicted octanol–water partition coefficient (Wildman–Crippen LogP) is 2.91. The molecule has 12 heteroatoms. The molecule has 1 aromatic carbocycles. The van der Waals surface area contributed by atoms with Crippen LogP contribution in [0, 0.1) is 0 Å². The summed E-state index contributed by atoms with van der Waals surface area (Å²) in [4.78, 5) is 16.7. The second-order valence-corrected chi connectivity index (χ2v) is 11.2. The van der Waals surface area contributed by atoms with E-state index in [1.165, 1.54) is 23.2 Å². The SMILES string of the molecule is COC(=O)c1ccc(CSc2nc3cc(S(=O)(=O)N4CCOCC4)ccc3n2C[C@@H]2CCCO2)o1. The summed E-state index contributed by atoms with van der Waals surface area (Å²) < 4.78 is 51.3. The van der Waals surface area contributed by atoms with E-state index in [2.05, 4.69) is 4.57 Å². The number of hydrogen-bond acceptors (Lipinski definition) is 9. The largest absolute Gasteiger partial charge is 0.463 e. The maximum Gasteiger partial charge on any atom is 0.373 e. The first-order chi connectivity index (χ1) is 17.0. The van der Waals surface area contributed by atoms with Crippen LogP contribution >= 0.6 is 11.8 Å². The Kier molecular flexibility index (Phi) is 7.17. The highest BCUT2D eigenvalue weighted by Gasteiger charge is 2.28. The fourth-order valence-electron chi connectivity index (χ4n) is 4.26. The molecule has 0 spiro atoms. The molecule has 2 aliphatic rings. The van der Waals surface area contributed by atoms with E-state index >= 15 is 0 Å². The Labute approximate surface area is 207 Å². The normalized spacial score (nSPS) is 19.4. The van der Waals surface area contributed by atoms with Crippen LogP contribution in [0.2, 0.25) is 0 Å². The standard InChI is InChI=1S/C23H27N3O7S2/c1-30-22(27)21-7-4-17(33-21)15-34-23-24-19-13-18(35(28,29)25-8-11-31-12-9-25)5-6-20(19)26(23)14-16-3-2-10-32-16/h4-7,13,16H,2-3,8-12,14-15H2,1H3/t16-/m0/s1. The highest BCUT2D eigenvalue weighted by Crippen LogP contribution is 2.31. The summed E-state index contributed by atoms with van der Waals surface area (Å²) in [6, 6.07) is 8.42. The minimum Gasteiger partial charge on any atom is -0.463 e. The van der Waals surface area contributed by atoms with E-state index in [0.29, 0.717) is 49.9 Å². The fourth-order valence-corrected chi connectivity index (χ4v) is 6.61. The Bertz CT molecular complexity index is 1310. The van der Waals surface area contributed by atoms with E-state index < -0.39 is 16.0 Å². The number of imidazole rings is 1. The van der Waals surface area contributed by atoms with Crippen LogP contribution in [-0.4, -0.2) is 74.4 Å². The molecule has 3 aromatic rings. The summed E-state index contributed by atoms with van der Waals surface area (Å²) >= 11 is 1.46. The molecule has 5 rings (SSSR count). The third-order valence-corrected chi connectivity index (χ3v) is 8.99. The number of morpholine rings is 1. The summed E-state index contributed by atoms with van der Waals surface area (Å²) in [6.45, 7) is 2.83. The molecule has 0 unspecified atom stereocenters. The van der Waals surface area contributed by atoms with Crippen LogP contribution in [0.3, 0.4) is 0 Å². The maximum atomic E-state index is 13.2. The molecule has 35 heavy (non-hydrogen) atoms. The number of carbonyl (C=O) groups is 1. The molecule has 2 fully saturated rings. The van der Waals surface area contributed by atoms with Gasteiger partial charge in [0, 0.05) is 19.7 Å². The van der Waals surface area contributed by atoms with E-state index in [1.807, 2.05) is 6.07 Å². The number of fused-ring (bicyclic) bond motifs is 1. The van der Waals surface area contributed by atoms with Gasteiger partial charge in [0.05, 0.1) is 54.7 Å². The summed E-state index contributed by atoms with van der Waals surface area (Å²) in [6.07, 6.45) is 2.07. The molecule has 0 N–H and O–H groups in total. The summed E-state index contributed by atoms with van der Waals surface area (Å²) in [5.41, 5.74) is 1.45. The first kappa shape index (κ1) is 24.3. The molecule has 0 bridgehead atoms. The number of sulfonamides is 1. The van der Waals surface area contributed by atoms with Crippen molar-refractivity contribution in [2.45, 2.75) is 41.3 Å². The molecule has 2 saturated heterocycles. The topological polar surface area (TPSA) is 113 Å². The number of aromatic nitrogens is 2. The number of hydrogen-bond donors (Lipinski definition) is 0. The predicted molar refractivity (Wildman–Crippen MR) is 128 cm³/mol. The van der Waals surface area contributed by atoms with Crippen molar-refractivity contribution in [3.8, 4) is 0 Å². The maximum absolute atomic E-state index is 13.2. The lowest BCUT2D eigenvalue weighted by atomic mass is 10.2. The van der Waals surface area contributed by atoms with Crippen LogP contribution in [0.15, 0.2) is 44.8 Å². The van der Waals surface area contributed by atoms with Crippen LogP contribution in [-0.2, 0) is 36.5 Å². The molecular weight excluding hydrogens is 494 g/mol. The number of esters is 1. The molecule has 1 atom stereocenters. The van der Waals surface area contributed by atoms with Crippen molar-refractivity contribution in [2.75, 3.05) is 40.0 Å². The molecule has 10 nitrogen and oxygen atoms in total. The molecular formula is C23H27N3O7S2. The quantitative estimate of drug-likeness (QED) is 0.326. The highest BCUT2D eigenvalue weighted by atomic mass is 32.2. The van der Waals surface area contributed by atoms with Gasteiger partial charge >= 0.3 is 5.97 Å². The smallest absolute Gasteiger partial charge is 0.373 e. The average Bonchev–Trinajstić information content (AvgIpc) is 3.64. The van der Waals surface area contributed by atoms with Crippen molar-refractivity contribution in [2.24, 2.45) is 0 Å². The van der Waals surface area contributed by atoms with E-state index in [4.69, 9.17) is 23.6 Å². The van der Waals surface area contributed by atoms with E-state index in [9.17, 15) is 13.2 Å². The summed E-state index contributed by atoms with van der Waals surface area (Å²) in [5, 5.41) is 0.729. The minimum atomic E-state index is -3.63. The van der Waals surface area contributed by atoms with Gasteiger partial charge in [-0.15, -0.1) is 0 Å². The van der Waals surface area contributed by atoms with E-state index in [1.54, 1.807) is 24.3 Å². The zero-order chi connectivity index (χ0) is 24.4. The molecule has 4 heterocycles. The van der Waals surface area contributed by atoms with Crippen molar-refractivity contribution >= 4 is 38.8 Å². The van der Waals surface area contributed by atoms with Crippen molar-refractivity contribution in [1.29, 1.82) is 0 Å². The molecule has 2 aliphatic heterocycles.